The first-order valence-electron chi connectivity index (χ1n) is 12.9. The highest BCUT2D eigenvalue weighted by Crippen LogP contribution is 2.39. The molecule has 0 radical (unpaired) electrons. The Bertz CT molecular complexity index is 1180. The molecular weight excluding hydrogens is 474 g/mol. The monoisotopic (exact) mass is 508 g/mol. The van der Waals surface area contributed by atoms with Crippen molar-refractivity contribution in [2.75, 3.05) is 13.1 Å². The smallest absolute Gasteiger partial charge is 0.245 e. The summed E-state index contributed by atoms with van der Waals surface area (Å²) in [4.78, 5) is 35.1. The quantitative estimate of drug-likeness (QED) is 0.348. The molecular formula is C29H34F2N4O2. The van der Waals surface area contributed by atoms with Gasteiger partial charge in [-0.05, 0) is 36.1 Å². The van der Waals surface area contributed by atoms with E-state index in [1.165, 1.54) is 11.6 Å². The number of benzene rings is 2. The van der Waals surface area contributed by atoms with Crippen LogP contribution in [0.4, 0.5) is 8.78 Å². The highest BCUT2D eigenvalue weighted by Gasteiger charge is 2.47. The van der Waals surface area contributed by atoms with Crippen LogP contribution in [-0.2, 0) is 27.8 Å². The minimum absolute atomic E-state index is 0.0799. The molecule has 0 spiro atoms. The number of aromatic nitrogens is 2. The van der Waals surface area contributed by atoms with Gasteiger partial charge in [-0.15, -0.1) is 0 Å². The largest absolute Gasteiger partial charge is 0.348 e. The molecule has 0 aliphatic carbocycles. The molecule has 1 aliphatic rings. The summed E-state index contributed by atoms with van der Waals surface area (Å²) >= 11 is 0. The van der Waals surface area contributed by atoms with Crippen molar-refractivity contribution in [3.05, 3.63) is 89.5 Å². The normalized spacial score (nSPS) is 15.2. The van der Waals surface area contributed by atoms with Crippen LogP contribution in [-0.4, -0.2) is 45.8 Å². The third-order valence-electron chi connectivity index (χ3n) is 7.18. The molecule has 4 rings (SSSR count). The van der Waals surface area contributed by atoms with E-state index in [0.29, 0.717) is 25.1 Å². The molecule has 1 saturated heterocycles. The molecule has 1 aromatic heterocycles. The van der Waals surface area contributed by atoms with Crippen LogP contribution in [0.25, 0.3) is 0 Å². The zero-order valence-electron chi connectivity index (χ0n) is 21.2. The number of H-pyrrole nitrogens is 1. The van der Waals surface area contributed by atoms with E-state index in [4.69, 9.17) is 0 Å². The van der Waals surface area contributed by atoms with Crippen LogP contribution in [0.2, 0.25) is 0 Å². The maximum atomic E-state index is 13.9. The molecule has 2 N–H and O–H groups in total. The molecule has 1 fully saturated rings. The van der Waals surface area contributed by atoms with E-state index in [1.54, 1.807) is 17.4 Å². The van der Waals surface area contributed by atoms with Crippen LogP contribution in [0.3, 0.4) is 0 Å². The first-order chi connectivity index (χ1) is 17.9. The molecule has 0 saturated carbocycles. The number of carbonyl (C=O) groups is 2. The van der Waals surface area contributed by atoms with Gasteiger partial charge in [0.1, 0.15) is 6.04 Å². The van der Waals surface area contributed by atoms with Gasteiger partial charge in [0, 0.05) is 43.2 Å². The molecule has 1 atom stereocenters. The van der Waals surface area contributed by atoms with Gasteiger partial charge in [-0.2, -0.15) is 0 Å². The minimum Gasteiger partial charge on any atom is -0.348 e. The first-order valence-corrected chi connectivity index (χ1v) is 12.9. The molecule has 196 valence electrons. The lowest BCUT2D eigenvalue weighted by Gasteiger charge is -2.52. The Hall–Kier alpha value is -3.55. The number of hydrogen-bond acceptors (Lipinski definition) is 3. The summed E-state index contributed by atoms with van der Waals surface area (Å²) in [5.41, 5.74) is 2.38. The summed E-state index contributed by atoms with van der Waals surface area (Å²) in [5, 5.41) is 2.85. The zero-order chi connectivity index (χ0) is 26.3. The van der Waals surface area contributed by atoms with Gasteiger partial charge in [0.2, 0.25) is 11.8 Å². The van der Waals surface area contributed by atoms with Crippen LogP contribution in [0, 0.1) is 11.6 Å². The number of amides is 2. The van der Waals surface area contributed by atoms with Crippen molar-refractivity contribution in [1.82, 2.24) is 20.2 Å². The van der Waals surface area contributed by atoms with Crippen LogP contribution < -0.4 is 5.32 Å². The van der Waals surface area contributed by atoms with Crippen molar-refractivity contribution in [2.45, 2.75) is 63.3 Å². The maximum Gasteiger partial charge on any atom is 0.245 e. The van der Waals surface area contributed by atoms with Crippen molar-refractivity contribution < 1.29 is 18.4 Å². The number of rotatable bonds is 12. The van der Waals surface area contributed by atoms with Gasteiger partial charge in [0.15, 0.2) is 11.6 Å². The highest BCUT2D eigenvalue weighted by molar-refractivity contribution is 5.88. The van der Waals surface area contributed by atoms with Crippen LogP contribution in [0.1, 0.15) is 55.8 Å². The Morgan fingerprint density at radius 3 is 2.57 bits per heavy atom. The number of halogens is 2. The van der Waals surface area contributed by atoms with E-state index in [1.807, 2.05) is 18.2 Å². The van der Waals surface area contributed by atoms with Crippen LogP contribution in [0.15, 0.2) is 61.1 Å². The number of aromatic amines is 1. The molecule has 2 aromatic carbocycles. The van der Waals surface area contributed by atoms with Crippen molar-refractivity contribution in [3.63, 3.8) is 0 Å². The molecule has 6 nitrogen and oxygen atoms in total. The Balaban J connectivity index is 1.47. The van der Waals surface area contributed by atoms with Crippen LogP contribution in [0.5, 0.6) is 0 Å². The van der Waals surface area contributed by atoms with Gasteiger partial charge >= 0.3 is 0 Å². The number of nitrogens with one attached hydrogen (secondary N) is 2. The predicted octanol–water partition coefficient (Wildman–Crippen LogP) is 4.71. The topological polar surface area (TPSA) is 78.1 Å². The SMILES string of the molecule is CCCCCC1(c2ccccc2)CN(C(=O)[C@@H](Cc2ccc(F)c(F)c2)NC(=O)CCc2cnc[nH]2)C1. The molecule has 2 amide bonds. The highest BCUT2D eigenvalue weighted by atomic mass is 19.2. The molecule has 0 unspecified atom stereocenters. The molecule has 3 aromatic rings. The van der Waals surface area contributed by atoms with E-state index >= 15 is 0 Å². The second-order valence-corrected chi connectivity index (χ2v) is 9.95. The van der Waals surface area contributed by atoms with Gasteiger partial charge < -0.3 is 15.2 Å². The van der Waals surface area contributed by atoms with Crippen molar-refractivity contribution in [3.8, 4) is 0 Å². The Kier molecular flexibility index (Phi) is 8.69. The number of unbranched alkanes of at least 4 members (excludes halogenated alkanes) is 2. The Labute approximate surface area is 216 Å². The number of aryl methyl sites for hydroxylation is 1. The zero-order valence-corrected chi connectivity index (χ0v) is 21.2. The molecule has 8 heteroatoms. The summed E-state index contributed by atoms with van der Waals surface area (Å²) in [5.74, 6) is -2.41. The summed E-state index contributed by atoms with van der Waals surface area (Å²) in [6.45, 7) is 3.30. The number of imidazole rings is 1. The fourth-order valence-corrected chi connectivity index (χ4v) is 5.09. The van der Waals surface area contributed by atoms with Crippen molar-refractivity contribution in [1.29, 1.82) is 0 Å². The summed E-state index contributed by atoms with van der Waals surface area (Å²) < 4.78 is 27.4. The first kappa shape index (κ1) is 26.5. The van der Waals surface area contributed by atoms with E-state index in [2.05, 4.69) is 34.3 Å². The average molecular weight is 509 g/mol. The summed E-state index contributed by atoms with van der Waals surface area (Å²) in [6.07, 6.45) is 8.23. The van der Waals surface area contributed by atoms with E-state index in [-0.39, 0.29) is 30.1 Å². The van der Waals surface area contributed by atoms with Gasteiger partial charge in [-0.3, -0.25) is 9.59 Å². The van der Waals surface area contributed by atoms with Crippen molar-refractivity contribution >= 4 is 11.8 Å². The van der Waals surface area contributed by atoms with Gasteiger partial charge in [-0.25, -0.2) is 13.8 Å². The predicted molar refractivity (Wildman–Crippen MR) is 138 cm³/mol. The van der Waals surface area contributed by atoms with Crippen molar-refractivity contribution in [2.24, 2.45) is 0 Å². The lowest BCUT2D eigenvalue weighted by atomic mass is 9.70. The van der Waals surface area contributed by atoms with E-state index in [0.717, 1.165) is 43.5 Å². The molecule has 0 bridgehead atoms. The fraction of sp³-hybridized carbons (Fsp3) is 0.414. The third-order valence-corrected chi connectivity index (χ3v) is 7.18. The number of carbonyl (C=O) groups excluding carboxylic acids is 2. The lowest BCUT2D eigenvalue weighted by Crippen LogP contribution is -2.64. The third kappa shape index (κ3) is 6.61. The van der Waals surface area contributed by atoms with Gasteiger partial charge in [0.05, 0.1) is 6.33 Å². The maximum absolute atomic E-state index is 13.9. The fourth-order valence-electron chi connectivity index (χ4n) is 5.09. The second kappa shape index (κ2) is 12.1. The van der Waals surface area contributed by atoms with Gasteiger partial charge in [0.25, 0.3) is 0 Å². The number of nitrogens with zero attached hydrogens (tertiary/aromatic N) is 2. The molecule has 1 aliphatic heterocycles. The summed E-state index contributed by atoms with van der Waals surface area (Å²) in [6, 6.07) is 13.0. The average Bonchev–Trinajstić information content (AvgIpc) is 3.40. The number of likely N-dealkylation sites (tertiary alicyclic amines) is 1. The van der Waals surface area contributed by atoms with E-state index < -0.39 is 17.7 Å². The Morgan fingerprint density at radius 1 is 1.11 bits per heavy atom. The second-order valence-electron chi connectivity index (χ2n) is 9.95. The van der Waals surface area contributed by atoms with Crippen LogP contribution >= 0.6 is 0 Å². The van der Waals surface area contributed by atoms with Gasteiger partial charge in [-0.1, -0.05) is 62.6 Å². The lowest BCUT2D eigenvalue weighted by molar-refractivity contribution is -0.143. The molecule has 2 heterocycles. The number of hydrogen-bond donors (Lipinski definition) is 2. The summed E-state index contributed by atoms with van der Waals surface area (Å²) in [7, 11) is 0. The minimum atomic E-state index is -0.975. The Morgan fingerprint density at radius 2 is 1.89 bits per heavy atom. The standard InChI is InChI=1S/C29H34F2N4O2/c1-2-3-7-14-29(22-8-5-4-6-9-22)18-35(19-29)28(37)26(16-21-10-12-24(30)25(31)15-21)34-27(36)13-11-23-17-32-20-33-23/h4-6,8-10,12,15,17,20,26H,2-3,7,11,13-14,16,18-19H2,1H3,(H,32,33)(H,34,36)/t26-/m1/s1. The van der Waals surface area contributed by atoms with E-state index in [9.17, 15) is 18.4 Å². The molecule has 37 heavy (non-hydrogen) atoms.